The van der Waals surface area contributed by atoms with E-state index in [0.717, 1.165) is 38.2 Å². The summed E-state index contributed by atoms with van der Waals surface area (Å²) in [6.45, 7) is 3.03. The SMILES string of the molecule is COC(COc1ccc(Cl)cc1)CN1CCC(NC(=O)COc2ccc(Cl)cc2)CC1. The van der Waals surface area contributed by atoms with Gasteiger partial charge in [-0.1, -0.05) is 23.2 Å². The molecule has 1 saturated heterocycles. The van der Waals surface area contributed by atoms with E-state index in [9.17, 15) is 4.79 Å². The molecule has 1 heterocycles. The fourth-order valence-electron chi connectivity index (χ4n) is 3.41. The van der Waals surface area contributed by atoms with Gasteiger partial charge in [-0.25, -0.2) is 0 Å². The van der Waals surface area contributed by atoms with Crippen molar-refractivity contribution in [2.75, 3.05) is 40.0 Å². The summed E-state index contributed by atoms with van der Waals surface area (Å²) in [5, 5.41) is 4.37. The molecule has 168 valence electrons. The van der Waals surface area contributed by atoms with Crippen LogP contribution in [-0.2, 0) is 9.53 Å². The number of piperidine rings is 1. The Balaban J connectivity index is 1.33. The normalized spacial score (nSPS) is 16.0. The van der Waals surface area contributed by atoms with E-state index >= 15 is 0 Å². The number of nitrogens with zero attached hydrogens (tertiary/aromatic N) is 1. The van der Waals surface area contributed by atoms with Crippen molar-refractivity contribution in [3.05, 3.63) is 58.6 Å². The lowest BCUT2D eigenvalue weighted by molar-refractivity contribution is -0.124. The summed E-state index contributed by atoms with van der Waals surface area (Å²) in [7, 11) is 1.70. The fraction of sp³-hybridized carbons (Fsp3) is 0.435. The van der Waals surface area contributed by atoms with E-state index in [0.29, 0.717) is 22.4 Å². The van der Waals surface area contributed by atoms with Gasteiger partial charge in [0, 0.05) is 42.8 Å². The first kappa shape index (κ1) is 23.7. The number of hydrogen-bond donors (Lipinski definition) is 1. The van der Waals surface area contributed by atoms with E-state index in [4.69, 9.17) is 37.4 Å². The van der Waals surface area contributed by atoms with Crippen LogP contribution in [0.25, 0.3) is 0 Å². The first-order valence-electron chi connectivity index (χ1n) is 10.3. The van der Waals surface area contributed by atoms with E-state index in [2.05, 4.69) is 10.2 Å². The predicted octanol–water partition coefficient (Wildman–Crippen LogP) is 4.05. The molecule has 0 aliphatic carbocycles. The largest absolute Gasteiger partial charge is 0.491 e. The van der Waals surface area contributed by atoms with E-state index < -0.39 is 0 Å². The molecule has 0 radical (unpaired) electrons. The highest BCUT2D eigenvalue weighted by Gasteiger charge is 2.23. The summed E-state index contributed by atoms with van der Waals surface area (Å²) in [5.41, 5.74) is 0. The fourth-order valence-corrected chi connectivity index (χ4v) is 3.66. The van der Waals surface area contributed by atoms with Gasteiger partial charge in [-0.15, -0.1) is 0 Å². The highest BCUT2D eigenvalue weighted by Crippen LogP contribution is 2.17. The first-order valence-corrected chi connectivity index (χ1v) is 11.1. The molecular weight excluding hydrogens is 439 g/mol. The molecule has 1 fully saturated rings. The lowest BCUT2D eigenvalue weighted by Gasteiger charge is -2.34. The molecule has 31 heavy (non-hydrogen) atoms. The Hall–Kier alpha value is -1.99. The zero-order valence-electron chi connectivity index (χ0n) is 17.6. The number of benzene rings is 2. The number of halogens is 2. The molecule has 6 nitrogen and oxygen atoms in total. The predicted molar refractivity (Wildman–Crippen MR) is 122 cm³/mol. The van der Waals surface area contributed by atoms with Crippen LogP contribution >= 0.6 is 23.2 Å². The Morgan fingerprint density at radius 1 is 1.00 bits per heavy atom. The number of ether oxygens (including phenoxy) is 3. The Labute approximate surface area is 193 Å². The molecule has 1 amide bonds. The number of hydrogen-bond acceptors (Lipinski definition) is 5. The number of likely N-dealkylation sites (tertiary alicyclic amines) is 1. The van der Waals surface area contributed by atoms with Crippen LogP contribution in [0.3, 0.4) is 0 Å². The number of nitrogens with one attached hydrogen (secondary N) is 1. The average Bonchev–Trinajstić information content (AvgIpc) is 2.78. The topological polar surface area (TPSA) is 60.0 Å². The lowest BCUT2D eigenvalue weighted by atomic mass is 10.0. The van der Waals surface area contributed by atoms with Crippen LogP contribution in [0.15, 0.2) is 48.5 Å². The van der Waals surface area contributed by atoms with Crippen molar-refractivity contribution in [3.8, 4) is 11.5 Å². The second-order valence-electron chi connectivity index (χ2n) is 7.51. The maximum absolute atomic E-state index is 12.2. The van der Waals surface area contributed by atoms with Crippen molar-refractivity contribution in [3.63, 3.8) is 0 Å². The molecule has 1 aliphatic heterocycles. The maximum atomic E-state index is 12.2. The molecule has 0 spiro atoms. The van der Waals surface area contributed by atoms with Crippen molar-refractivity contribution < 1.29 is 19.0 Å². The molecule has 1 aliphatic rings. The van der Waals surface area contributed by atoms with Gasteiger partial charge in [0.15, 0.2) is 6.61 Å². The summed E-state index contributed by atoms with van der Waals surface area (Å²) < 4.78 is 16.9. The minimum Gasteiger partial charge on any atom is -0.491 e. The number of rotatable bonds is 10. The van der Waals surface area contributed by atoms with Crippen LogP contribution in [0.4, 0.5) is 0 Å². The molecule has 0 bridgehead atoms. The van der Waals surface area contributed by atoms with Crippen molar-refractivity contribution in [2.24, 2.45) is 0 Å². The number of carbonyl (C=O) groups excluding carboxylic acids is 1. The molecule has 8 heteroatoms. The van der Waals surface area contributed by atoms with E-state index in [-0.39, 0.29) is 24.7 Å². The first-order chi connectivity index (χ1) is 15.0. The standard InChI is InChI=1S/C23H28Cl2N2O4/c1-29-22(15-30-20-6-2-17(24)3-7-20)14-27-12-10-19(11-13-27)26-23(28)16-31-21-8-4-18(25)5-9-21/h2-9,19,22H,10-16H2,1H3,(H,26,28). The van der Waals surface area contributed by atoms with Crippen LogP contribution in [0.5, 0.6) is 11.5 Å². The zero-order chi connectivity index (χ0) is 22.1. The molecule has 3 rings (SSSR count). The molecule has 1 unspecified atom stereocenters. The third-order valence-electron chi connectivity index (χ3n) is 5.18. The summed E-state index contributed by atoms with van der Waals surface area (Å²) in [4.78, 5) is 14.5. The second-order valence-corrected chi connectivity index (χ2v) is 8.38. The summed E-state index contributed by atoms with van der Waals surface area (Å²) in [6, 6.07) is 14.4. The molecule has 2 aromatic carbocycles. The molecular formula is C23H28Cl2N2O4. The number of methoxy groups -OCH3 is 1. The van der Waals surface area contributed by atoms with Crippen LogP contribution < -0.4 is 14.8 Å². The highest BCUT2D eigenvalue weighted by molar-refractivity contribution is 6.30. The Morgan fingerprint density at radius 2 is 1.55 bits per heavy atom. The average molecular weight is 467 g/mol. The molecule has 1 atom stereocenters. The van der Waals surface area contributed by atoms with Gasteiger partial charge in [0.1, 0.15) is 24.2 Å². The third-order valence-corrected chi connectivity index (χ3v) is 5.68. The zero-order valence-corrected chi connectivity index (χ0v) is 19.1. The van der Waals surface area contributed by atoms with Gasteiger partial charge in [0.05, 0.1) is 0 Å². The minimum atomic E-state index is -0.112. The smallest absolute Gasteiger partial charge is 0.258 e. The van der Waals surface area contributed by atoms with E-state index in [1.165, 1.54) is 0 Å². The van der Waals surface area contributed by atoms with Crippen LogP contribution in [0.1, 0.15) is 12.8 Å². The van der Waals surface area contributed by atoms with Crippen LogP contribution in [-0.4, -0.2) is 62.9 Å². The van der Waals surface area contributed by atoms with Gasteiger partial charge < -0.3 is 24.4 Å². The van der Waals surface area contributed by atoms with Gasteiger partial charge >= 0.3 is 0 Å². The Morgan fingerprint density at radius 3 is 2.10 bits per heavy atom. The monoisotopic (exact) mass is 466 g/mol. The Kier molecular flexibility index (Phi) is 9.28. The molecule has 0 aromatic heterocycles. The quantitative estimate of drug-likeness (QED) is 0.572. The van der Waals surface area contributed by atoms with Crippen LogP contribution in [0, 0.1) is 0 Å². The third kappa shape index (κ3) is 8.22. The number of amides is 1. The van der Waals surface area contributed by atoms with Crippen molar-refractivity contribution in [2.45, 2.75) is 25.0 Å². The Bertz CT molecular complexity index is 809. The molecule has 1 N–H and O–H groups in total. The van der Waals surface area contributed by atoms with Gasteiger partial charge in [0.2, 0.25) is 0 Å². The van der Waals surface area contributed by atoms with E-state index in [1.807, 2.05) is 12.1 Å². The summed E-state index contributed by atoms with van der Waals surface area (Å²) >= 11 is 11.7. The highest BCUT2D eigenvalue weighted by atomic mass is 35.5. The molecule has 2 aromatic rings. The van der Waals surface area contributed by atoms with Gasteiger partial charge in [-0.2, -0.15) is 0 Å². The van der Waals surface area contributed by atoms with Crippen LogP contribution in [0.2, 0.25) is 10.0 Å². The van der Waals surface area contributed by atoms with E-state index in [1.54, 1.807) is 43.5 Å². The van der Waals surface area contributed by atoms with Gasteiger partial charge in [0.25, 0.3) is 5.91 Å². The second kappa shape index (κ2) is 12.2. The molecule has 0 saturated carbocycles. The van der Waals surface area contributed by atoms with Crippen molar-refractivity contribution in [1.29, 1.82) is 0 Å². The number of carbonyl (C=O) groups is 1. The summed E-state index contributed by atoms with van der Waals surface area (Å²) in [6.07, 6.45) is 1.75. The maximum Gasteiger partial charge on any atom is 0.258 e. The van der Waals surface area contributed by atoms with Gasteiger partial charge in [-0.3, -0.25) is 4.79 Å². The van der Waals surface area contributed by atoms with Crippen molar-refractivity contribution >= 4 is 29.1 Å². The minimum absolute atomic E-state index is 0.00433. The van der Waals surface area contributed by atoms with Gasteiger partial charge in [-0.05, 0) is 61.4 Å². The lowest BCUT2D eigenvalue weighted by Crippen LogP contribution is -2.48. The van der Waals surface area contributed by atoms with Crippen molar-refractivity contribution in [1.82, 2.24) is 10.2 Å². The summed E-state index contributed by atoms with van der Waals surface area (Å²) in [5.74, 6) is 1.29.